The fraction of sp³-hybridized carbons (Fsp3) is 0.500. The zero-order valence-corrected chi connectivity index (χ0v) is 13.1. The Hall–Kier alpha value is -2.04. The number of carbonyl (C=O) groups is 1. The van der Waals surface area contributed by atoms with Crippen LogP contribution in [-0.2, 0) is 11.3 Å². The fourth-order valence-electron chi connectivity index (χ4n) is 1.71. The SMILES string of the molecule is CCC(C)NC(=NC)NCCC(=O)NCc1ccccc1. The Morgan fingerprint density at radius 3 is 2.57 bits per heavy atom. The van der Waals surface area contributed by atoms with Gasteiger partial charge in [-0.15, -0.1) is 0 Å². The molecule has 21 heavy (non-hydrogen) atoms. The van der Waals surface area contributed by atoms with E-state index in [1.165, 1.54) is 0 Å². The minimum Gasteiger partial charge on any atom is -0.356 e. The highest BCUT2D eigenvalue weighted by Gasteiger charge is 2.04. The second-order valence-corrected chi connectivity index (χ2v) is 4.96. The Balaban J connectivity index is 2.21. The van der Waals surface area contributed by atoms with Gasteiger partial charge in [0.05, 0.1) is 0 Å². The van der Waals surface area contributed by atoms with Gasteiger partial charge in [-0.3, -0.25) is 9.79 Å². The Kier molecular flexibility index (Phi) is 7.94. The monoisotopic (exact) mass is 290 g/mol. The average Bonchev–Trinajstić information content (AvgIpc) is 2.52. The molecule has 0 aliphatic carbocycles. The lowest BCUT2D eigenvalue weighted by Gasteiger charge is -2.16. The lowest BCUT2D eigenvalue weighted by Crippen LogP contribution is -2.43. The van der Waals surface area contributed by atoms with E-state index in [0.717, 1.165) is 17.9 Å². The molecule has 1 unspecified atom stereocenters. The lowest BCUT2D eigenvalue weighted by molar-refractivity contribution is -0.121. The van der Waals surface area contributed by atoms with E-state index in [1.807, 2.05) is 30.3 Å². The molecule has 0 radical (unpaired) electrons. The van der Waals surface area contributed by atoms with Crippen LogP contribution in [0.5, 0.6) is 0 Å². The summed E-state index contributed by atoms with van der Waals surface area (Å²) in [4.78, 5) is 15.9. The van der Waals surface area contributed by atoms with Crippen molar-refractivity contribution >= 4 is 11.9 Å². The number of hydrogen-bond donors (Lipinski definition) is 3. The van der Waals surface area contributed by atoms with Crippen LogP contribution in [0.1, 0.15) is 32.3 Å². The number of benzene rings is 1. The minimum absolute atomic E-state index is 0.0327. The van der Waals surface area contributed by atoms with Gasteiger partial charge in [0, 0.05) is 32.6 Å². The molecule has 3 N–H and O–H groups in total. The number of carbonyl (C=O) groups excluding carboxylic acids is 1. The summed E-state index contributed by atoms with van der Waals surface area (Å²) in [6.07, 6.45) is 1.45. The van der Waals surface area contributed by atoms with E-state index in [-0.39, 0.29) is 5.91 Å². The van der Waals surface area contributed by atoms with Crippen molar-refractivity contribution in [3.05, 3.63) is 35.9 Å². The normalized spacial score (nSPS) is 12.6. The van der Waals surface area contributed by atoms with Crippen LogP contribution in [0.3, 0.4) is 0 Å². The predicted octanol–water partition coefficient (Wildman–Crippen LogP) is 1.66. The molecular weight excluding hydrogens is 264 g/mol. The van der Waals surface area contributed by atoms with E-state index in [0.29, 0.717) is 25.6 Å². The molecule has 0 aliphatic heterocycles. The van der Waals surface area contributed by atoms with E-state index in [2.05, 4.69) is 34.8 Å². The van der Waals surface area contributed by atoms with E-state index >= 15 is 0 Å². The Morgan fingerprint density at radius 2 is 1.95 bits per heavy atom. The van der Waals surface area contributed by atoms with Gasteiger partial charge in [-0.25, -0.2) is 0 Å². The molecular formula is C16H26N4O. The van der Waals surface area contributed by atoms with Crippen LogP contribution < -0.4 is 16.0 Å². The highest BCUT2D eigenvalue weighted by molar-refractivity contribution is 5.81. The van der Waals surface area contributed by atoms with Crippen LogP contribution >= 0.6 is 0 Å². The molecule has 1 amide bonds. The van der Waals surface area contributed by atoms with Crippen molar-refractivity contribution < 1.29 is 4.79 Å². The van der Waals surface area contributed by atoms with Crippen molar-refractivity contribution in [2.45, 2.75) is 39.3 Å². The van der Waals surface area contributed by atoms with Crippen molar-refractivity contribution in [2.24, 2.45) is 4.99 Å². The molecule has 0 spiro atoms. The molecule has 1 aromatic rings. The Morgan fingerprint density at radius 1 is 1.24 bits per heavy atom. The molecule has 0 saturated heterocycles. The number of amides is 1. The molecule has 0 saturated carbocycles. The van der Waals surface area contributed by atoms with Crippen molar-refractivity contribution in [3.8, 4) is 0 Å². The molecule has 0 heterocycles. The maximum absolute atomic E-state index is 11.8. The van der Waals surface area contributed by atoms with Crippen LogP contribution in [0.2, 0.25) is 0 Å². The third kappa shape index (κ3) is 7.34. The summed E-state index contributed by atoms with van der Waals surface area (Å²) in [6, 6.07) is 10.3. The van der Waals surface area contributed by atoms with Gasteiger partial charge < -0.3 is 16.0 Å². The largest absolute Gasteiger partial charge is 0.356 e. The van der Waals surface area contributed by atoms with Crippen molar-refractivity contribution in [3.63, 3.8) is 0 Å². The molecule has 5 heteroatoms. The number of nitrogens with zero attached hydrogens (tertiary/aromatic N) is 1. The quantitative estimate of drug-likeness (QED) is 0.528. The standard InChI is InChI=1S/C16H26N4O/c1-4-13(2)20-16(17-3)18-11-10-15(21)19-12-14-8-6-5-7-9-14/h5-9,13H,4,10-12H2,1-3H3,(H,19,21)(H2,17,18,20). The molecule has 0 bridgehead atoms. The van der Waals surface area contributed by atoms with Crippen LogP contribution in [0, 0.1) is 0 Å². The molecule has 0 aliphatic rings. The molecule has 0 aromatic heterocycles. The summed E-state index contributed by atoms with van der Waals surface area (Å²) >= 11 is 0. The molecule has 0 fully saturated rings. The maximum atomic E-state index is 11.8. The lowest BCUT2D eigenvalue weighted by atomic mass is 10.2. The number of nitrogens with one attached hydrogen (secondary N) is 3. The highest BCUT2D eigenvalue weighted by atomic mass is 16.1. The summed E-state index contributed by atoms with van der Waals surface area (Å²) in [6.45, 7) is 5.34. The van der Waals surface area contributed by atoms with Crippen LogP contribution in [0.15, 0.2) is 35.3 Å². The first-order valence-electron chi connectivity index (χ1n) is 7.43. The van der Waals surface area contributed by atoms with Gasteiger partial charge in [0.15, 0.2) is 5.96 Å². The van der Waals surface area contributed by atoms with Gasteiger partial charge in [-0.2, -0.15) is 0 Å². The molecule has 1 atom stereocenters. The Bertz CT molecular complexity index is 445. The smallest absolute Gasteiger partial charge is 0.222 e. The number of guanidine groups is 1. The van der Waals surface area contributed by atoms with Crippen molar-refractivity contribution in [2.75, 3.05) is 13.6 Å². The van der Waals surface area contributed by atoms with Gasteiger partial charge in [0.2, 0.25) is 5.91 Å². The van der Waals surface area contributed by atoms with E-state index < -0.39 is 0 Å². The fourth-order valence-corrected chi connectivity index (χ4v) is 1.71. The van der Waals surface area contributed by atoms with Crippen LogP contribution in [0.4, 0.5) is 0 Å². The van der Waals surface area contributed by atoms with Crippen molar-refractivity contribution in [1.82, 2.24) is 16.0 Å². The number of aliphatic imine (C=N–C) groups is 1. The van der Waals surface area contributed by atoms with E-state index in [1.54, 1.807) is 7.05 Å². The number of hydrogen-bond acceptors (Lipinski definition) is 2. The third-order valence-electron chi connectivity index (χ3n) is 3.20. The summed E-state index contributed by atoms with van der Waals surface area (Å²) in [5, 5.41) is 9.30. The minimum atomic E-state index is 0.0327. The number of rotatable bonds is 7. The van der Waals surface area contributed by atoms with E-state index in [4.69, 9.17) is 0 Å². The second-order valence-electron chi connectivity index (χ2n) is 4.96. The van der Waals surface area contributed by atoms with Crippen LogP contribution in [0.25, 0.3) is 0 Å². The summed E-state index contributed by atoms with van der Waals surface area (Å²) in [7, 11) is 1.73. The van der Waals surface area contributed by atoms with Gasteiger partial charge in [0.25, 0.3) is 0 Å². The average molecular weight is 290 g/mol. The summed E-state index contributed by atoms with van der Waals surface area (Å²) in [5.74, 6) is 0.769. The molecule has 116 valence electrons. The predicted molar refractivity (Wildman–Crippen MR) is 87.2 cm³/mol. The van der Waals surface area contributed by atoms with Gasteiger partial charge in [-0.1, -0.05) is 37.3 Å². The first-order chi connectivity index (χ1) is 10.2. The first-order valence-corrected chi connectivity index (χ1v) is 7.43. The van der Waals surface area contributed by atoms with E-state index in [9.17, 15) is 4.79 Å². The molecule has 1 aromatic carbocycles. The third-order valence-corrected chi connectivity index (χ3v) is 3.20. The zero-order valence-electron chi connectivity index (χ0n) is 13.1. The summed E-state index contributed by atoms with van der Waals surface area (Å²) < 4.78 is 0. The Labute approximate surface area is 127 Å². The van der Waals surface area contributed by atoms with Gasteiger partial charge in [-0.05, 0) is 18.9 Å². The van der Waals surface area contributed by atoms with Gasteiger partial charge >= 0.3 is 0 Å². The van der Waals surface area contributed by atoms with Crippen molar-refractivity contribution in [1.29, 1.82) is 0 Å². The van der Waals surface area contributed by atoms with Crippen LogP contribution in [-0.4, -0.2) is 31.5 Å². The maximum Gasteiger partial charge on any atom is 0.222 e. The zero-order chi connectivity index (χ0) is 15.5. The van der Waals surface area contributed by atoms with Gasteiger partial charge in [0.1, 0.15) is 0 Å². The molecule has 5 nitrogen and oxygen atoms in total. The highest BCUT2D eigenvalue weighted by Crippen LogP contribution is 1.97. The molecule has 1 rings (SSSR count). The first kappa shape index (κ1) is 17.0. The topological polar surface area (TPSA) is 65.5 Å². The second kappa shape index (κ2) is 9.80. The summed E-state index contributed by atoms with van der Waals surface area (Å²) in [5.41, 5.74) is 1.10.